The molecule has 0 amide bonds. The molecule has 0 aliphatic rings. The van der Waals surface area contributed by atoms with Gasteiger partial charge in [0.1, 0.15) is 0 Å². The Labute approximate surface area is 57.7 Å². The second kappa shape index (κ2) is 6.19. The van der Waals surface area contributed by atoms with Crippen LogP contribution in [0.2, 0.25) is 0 Å². The van der Waals surface area contributed by atoms with Gasteiger partial charge in [0.05, 0.1) is 0 Å². The Kier molecular flexibility index (Phi) is 6.24. The molecule has 0 radical (unpaired) electrons. The molecule has 0 aromatic heterocycles. The van der Waals surface area contributed by atoms with E-state index in [-0.39, 0.29) is 0 Å². The largest absolute Gasteiger partial charge is 0.385 e. The van der Waals surface area contributed by atoms with Crippen LogP contribution in [0, 0.1) is 0 Å². The third-order valence-corrected chi connectivity index (χ3v) is 1.56. The zero-order chi connectivity index (χ0) is 7.11. The van der Waals surface area contributed by atoms with E-state index in [0.717, 1.165) is 12.8 Å². The summed E-state index contributed by atoms with van der Waals surface area (Å²) in [6.07, 6.45) is 1.62. The Morgan fingerprint density at radius 3 is 2.67 bits per heavy atom. The van der Waals surface area contributed by atoms with E-state index < -0.39 is 11.1 Å². The second-order valence-corrected chi connectivity index (χ2v) is 2.78. The lowest BCUT2D eigenvalue weighted by Gasteiger charge is -1.94. The highest BCUT2D eigenvalue weighted by atomic mass is 32.2. The van der Waals surface area contributed by atoms with E-state index in [0.29, 0.717) is 12.4 Å². The van der Waals surface area contributed by atoms with Crippen LogP contribution in [0.3, 0.4) is 0 Å². The normalized spacial score (nSPS) is 13.6. The maximum Gasteiger partial charge on any atom is 0.152 e. The Balaban J connectivity index is 2.83. The predicted molar refractivity (Wildman–Crippen MR) is 36.7 cm³/mol. The molecule has 0 spiro atoms. The highest BCUT2D eigenvalue weighted by molar-refractivity contribution is 7.79. The topological polar surface area (TPSA) is 46.5 Å². The van der Waals surface area contributed by atoms with Gasteiger partial charge in [0.15, 0.2) is 11.1 Å². The second-order valence-electron chi connectivity index (χ2n) is 1.73. The van der Waals surface area contributed by atoms with Gasteiger partial charge >= 0.3 is 0 Å². The number of hydrogen-bond donors (Lipinski definition) is 1. The van der Waals surface area contributed by atoms with Crippen molar-refractivity contribution in [3.05, 3.63) is 0 Å². The molecule has 0 aliphatic heterocycles. The van der Waals surface area contributed by atoms with Crippen molar-refractivity contribution in [1.29, 1.82) is 0 Å². The third kappa shape index (κ3) is 8.07. The molecule has 9 heavy (non-hydrogen) atoms. The molecule has 4 heteroatoms. The minimum absolute atomic E-state index is 0.364. The fraction of sp³-hybridized carbons (Fsp3) is 1.00. The maximum atomic E-state index is 10.0. The standard InChI is InChI=1S/C5H12O3S/c1-8-4-2-3-5-9(6)7/h2-5H2,1H3,(H,6,7). The van der Waals surface area contributed by atoms with Crippen LogP contribution in [0.4, 0.5) is 0 Å². The summed E-state index contributed by atoms with van der Waals surface area (Å²) in [5, 5.41) is 0. The predicted octanol–water partition coefficient (Wildman–Crippen LogP) is 0.635. The Bertz CT molecular complexity index is 84.3. The van der Waals surface area contributed by atoms with E-state index in [9.17, 15) is 4.21 Å². The number of unbranched alkanes of at least 4 members (excludes halogenated alkanes) is 1. The zero-order valence-corrected chi connectivity index (χ0v) is 6.32. The monoisotopic (exact) mass is 152 g/mol. The van der Waals surface area contributed by atoms with Crippen molar-refractivity contribution in [3.8, 4) is 0 Å². The van der Waals surface area contributed by atoms with Crippen LogP contribution in [0.15, 0.2) is 0 Å². The van der Waals surface area contributed by atoms with Gasteiger partial charge in [0.2, 0.25) is 0 Å². The van der Waals surface area contributed by atoms with Gasteiger partial charge in [-0.2, -0.15) is 0 Å². The molecular formula is C5H12O3S. The zero-order valence-electron chi connectivity index (χ0n) is 5.50. The van der Waals surface area contributed by atoms with Gasteiger partial charge in [-0.05, 0) is 12.8 Å². The van der Waals surface area contributed by atoms with E-state index in [1.54, 1.807) is 7.11 Å². The summed E-state index contributed by atoms with van der Waals surface area (Å²) in [5.41, 5.74) is 0. The molecule has 1 unspecified atom stereocenters. The summed E-state index contributed by atoms with van der Waals surface area (Å²) in [4.78, 5) is 0. The van der Waals surface area contributed by atoms with Crippen molar-refractivity contribution in [1.82, 2.24) is 0 Å². The first-order valence-electron chi connectivity index (χ1n) is 2.83. The van der Waals surface area contributed by atoms with E-state index >= 15 is 0 Å². The van der Waals surface area contributed by atoms with E-state index in [2.05, 4.69) is 0 Å². The van der Waals surface area contributed by atoms with Crippen LogP contribution in [0.25, 0.3) is 0 Å². The summed E-state index contributed by atoms with van der Waals surface area (Å²) >= 11 is -1.62. The van der Waals surface area contributed by atoms with Gasteiger partial charge in [-0.3, -0.25) is 0 Å². The van der Waals surface area contributed by atoms with Gasteiger partial charge in [0, 0.05) is 19.5 Å². The molecule has 0 saturated carbocycles. The average molecular weight is 152 g/mol. The fourth-order valence-corrected chi connectivity index (χ4v) is 0.923. The highest BCUT2D eigenvalue weighted by Crippen LogP contribution is 1.90. The summed E-state index contributed by atoms with van der Waals surface area (Å²) in [6.45, 7) is 0.678. The van der Waals surface area contributed by atoms with Crippen LogP contribution < -0.4 is 0 Å². The van der Waals surface area contributed by atoms with Gasteiger partial charge < -0.3 is 9.29 Å². The minimum Gasteiger partial charge on any atom is -0.385 e. The number of rotatable bonds is 5. The molecule has 1 N–H and O–H groups in total. The average Bonchev–Trinajstić information content (AvgIpc) is 1.80. The Morgan fingerprint density at radius 2 is 2.22 bits per heavy atom. The van der Waals surface area contributed by atoms with Crippen molar-refractivity contribution < 1.29 is 13.5 Å². The van der Waals surface area contributed by atoms with Crippen LogP contribution >= 0.6 is 0 Å². The number of ether oxygens (including phenoxy) is 1. The summed E-state index contributed by atoms with van der Waals surface area (Å²) < 4.78 is 23.1. The smallest absolute Gasteiger partial charge is 0.152 e. The Hall–Kier alpha value is 0.0700. The van der Waals surface area contributed by atoms with Crippen LogP contribution in [0.5, 0.6) is 0 Å². The molecule has 0 saturated heterocycles. The molecule has 1 atom stereocenters. The first-order chi connectivity index (χ1) is 4.27. The maximum absolute atomic E-state index is 10.0. The lowest BCUT2D eigenvalue weighted by molar-refractivity contribution is 0.194. The molecule has 0 heterocycles. The van der Waals surface area contributed by atoms with E-state index in [4.69, 9.17) is 9.29 Å². The minimum atomic E-state index is -1.62. The molecule has 0 rings (SSSR count). The van der Waals surface area contributed by atoms with Gasteiger partial charge in [-0.1, -0.05) is 0 Å². The first-order valence-corrected chi connectivity index (χ1v) is 4.11. The first kappa shape index (κ1) is 9.07. The van der Waals surface area contributed by atoms with Gasteiger partial charge in [-0.15, -0.1) is 0 Å². The van der Waals surface area contributed by atoms with Crippen LogP contribution in [-0.2, 0) is 15.8 Å². The van der Waals surface area contributed by atoms with Crippen LogP contribution in [-0.4, -0.2) is 28.2 Å². The molecule has 0 aromatic carbocycles. The Morgan fingerprint density at radius 1 is 1.56 bits per heavy atom. The molecule has 0 aromatic rings. The van der Waals surface area contributed by atoms with Crippen molar-refractivity contribution in [3.63, 3.8) is 0 Å². The van der Waals surface area contributed by atoms with Crippen molar-refractivity contribution in [2.45, 2.75) is 12.8 Å². The quantitative estimate of drug-likeness (QED) is 0.464. The number of hydrogen-bond acceptors (Lipinski definition) is 2. The van der Waals surface area contributed by atoms with Crippen molar-refractivity contribution >= 4 is 11.1 Å². The third-order valence-electron chi connectivity index (χ3n) is 0.917. The molecule has 0 bridgehead atoms. The van der Waals surface area contributed by atoms with E-state index in [1.165, 1.54) is 0 Å². The molecule has 0 aliphatic carbocycles. The lowest BCUT2D eigenvalue weighted by atomic mass is 10.4. The number of methoxy groups -OCH3 is 1. The lowest BCUT2D eigenvalue weighted by Crippen LogP contribution is -1.97. The molecule has 0 fully saturated rings. The molecule has 3 nitrogen and oxygen atoms in total. The van der Waals surface area contributed by atoms with E-state index in [1.807, 2.05) is 0 Å². The van der Waals surface area contributed by atoms with Crippen LogP contribution in [0.1, 0.15) is 12.8 Å². The molecular weight excluding hydrogens is 140 g/mol. The molecule has 56 valence electrons. The van der Waals surface area contributed by atoms with Gasteiger partial charge in [-0.25, -0.2) is 4.21 Å². The van der Waals surface area contributed by atoms with Crippen molar-refractivity contribution in [2.24, 2.45) is 0 Å². The summed E-state index contributed by atoms with van der Waals surface area (Å²) in [5.74, 6) is 0.364. The highest BCUT2D eigenvalue weighted by Gasteiger charge is 1.91. The summed E-state index contributed by atoms with van der Waals surface area (Å²) in [7, 11) is 1.62. The van der Waals surface area contributed by atoms with Gasteiger partial charge in [0.25, 0.3) is 0 Å². The van der Waals surface area contributed by atoms with Crippen molar-refractivity contribution in [2.75, 3.05) is 19.5 Å². The fourth-order valence-electron chi connectivity index (χ4n) is 0.472. The SMILES string of the molecule is COCCCCS(=O)O. The summed E-state index contributed by atoms with van der Waals surface area (Å²) in [6, 6.07) is 0.